The summed E-state index contributed by atoms with van der Waals surface area (Å²) in [5.41, 5.74) is 2.75. The standard InChI is InChI=1S/C17H28N2/c1-4-19(13-16-6-5-7-16)17-10-8-15(9-11-17)12-18-14(2)3/h8-11,14,16,18H,4-7,12-13H2,1-3H3. The van der Waals surface area contributed by atoms with Crippen molar-refractivity contribution in [3.05, 3.63) is 29.8 Å². The predicted molar refractivity (Wildman–Crippen MR) is 83.6 cm³/mol. The molecule has 106 valence electrons. The molecule has 2 rings (SSSR count). The molecule has 0 spiro atoms. The molecule has 0 amide bonds. The van der Waals surface area contributed by atoms with Crippen molar-refractivity contribution in [1.82, 2.24) is 5.32 Å². The number of rotatable bonds is 7. The fourth-order valence-corrected chi connectivity index (χ4v) is 2.55. The molecule has 0 saturated heterocycles. The van der Waals surface area contributed by atoms with Crippen LogP contribution in [0, 0.1) is 5.92 Å². The van der Waals surface area contributed by atoms with Crippen LogP contribution in [0.25, 0.3) is 0 Å². The van der Waals surface area contributed by atoms with Crippen LogP contribution in [0.1, 0.15) is 45.6 Å². The number of hydrogen-bond acceptors (Lipinski definition) is 2. The molecule has 0 aliphatic heterocycles. The Balaban J connectivity index is 1.91. The Bertz CT molecular complexity index is 365. The minimum atomic E-state index is 0.547. The molecule has 1 aromatic carbocycles. The molecule has 0 heterocycles. The Kier molecular flexibility index (Phi) is 5.26. The largest absolute Gasteiger partial charge is 0.372 e. The number of nitrogens with zero attached hydrogens (tertiary/aromatic N) is 1. The van der Waals surface area contributed by atoms with Crippen molar-refractivity contribution in [2.45, 2.75) is 52.6 Å². The number of anilines is 1. The van der Waals surface area contributed by atoms with Crippen LogP contribution in [-0.2, 0) is 6.54 Å². The molecule has 1 aromatic rings. The molecule has 19 heavy (non-hydrogen) atoms. The SMILES string of the molecule is CCN(CC1CCC1)c1ccc(CNC(C)C)cc1. The fourth-order valence-electron chi connectivity index (χ4n) is 2.55. The zero-order valence-electron chi connectivity index (χ0n) is 12.7. The first-order chi connectivity index (χ1) is 9.19. The molecule has 2 heteroatoms. The van der Waals surface area contributed by atoms with Crippen LogP contribution in [0.15, 0.2) is 24.3 Å². The Morgan fingerprint density at radius 1 is 1.21 bits per heavy atom. The number of benzene rings is 1. The zero-order valence-corrected chi connectivity index (χ0v) is 12.7. The molecule has 0 radical (unpaired) electrons. The van der Waals surface area contributed by atoms with Gasteiger partial charge in [0.1, 0.15) is 0 Å². The Hall–Kier alpha value is -1.02. The van der Waals surface area contributed by atoms with E-state index in [2.05, 4.69) is 55.3 Å². The summed E-state index contributed by atoms with van der Waals surface area (Å²) in [6.07, 6.45) is 4.28. The lowest BCUT2D eigenvalue weighted by molar-refractivity contribution is 0.318. The van der Waals surface area contributed by atoms with Gasteiger partial charge in [-0.3, -0.25) is 0 Å². The summed E-state index contributed by atoms with van der Waals surface area (Å²) in [4.78, 5) is 2.52. The highest BCUT2D eigenvalue weighted by Crippen LogP contribution is 2.28. The van der Waals surface area contributed by atoms with Gasteiger partial charge in [0.25, 0.3) is 0 Å². The summed E-state index contributed by atoms with van der Waals surface area (Å²) in [5.74, 6) is 0.933. The maximum atomic E-state index is 3.46. The van der Waals surface area contributed by atoms with Gasteiger partial charge in [0, 0.05) is 31.4 Å². The van der Waals surface area contributed by atoms with Crippen LogP contribution in [0.4, 0.5) is 5.69 Å². The highest BCUT2D eigenvalue weighted by Gasteiger charge is 2.20. The second kappa shape index (κ2) is 6.95. The topological polar surface area (TPSA) is 15.3 Å². The highest BCUT2D eigenvalue weighted by molar-refractivity contribution is 5.47. The van der Waals surface area contributed by atoms with Gasteiger partial charge in [-0.05, 0) is 43.4 Å². The summed E-state index contributed by atoms with van der Waals surface area (Å²) >= 11 is 0. The van der Waals surface area contributed by atoms with Gasteiger partial charge in [0.15, 0.2) is 0 Å². The van der Waals surface area contributed by atoms with Crippen molar-refractivity contribution < 1.29 is 0 Å². The first-order valence-electron chi connectivity index (χ1n) is 7.76. The maximum absolute atomic E-state index is 3.46. The molecule has 1 aliphatic rings. The molecular weight excluding hydrogens is 232 g/mol. The van der Waals surface area contributed by atoms with E-state index < -0.39 is 0 Å². The van der Waals surface area contributed by atoms with Crippen molar-refractivity contribution in [3.8, 4) is 0 Å². The first kappa shape index (κ1) is 14.4. The lowest BCUT2D eigenvalue weighted by Crippen LogP contribution is -2.32. The predicted octanol–water partition coefficient (Wildman–Crippen LogP) is 3.81. The summed E-state index contributed by atoms with van der Waals surface area (Å²) in [5, 5.41) is 3.46. The van der Waals surface area contributed by atoms with E-state index in [1.54, 1.807) is 0 Å². The van der Waals surface area contributed by atoms with E-state index in [0.29, 0.717) is 6.04 Å². The van der Waals surface area contributed by atoms with Crippen LogP contribution in [-0.4, -0.2) is 19.1 Å². The summed E-state index contributed by atoms with van der Waals surface area (Å²) in [6, 6.07) is 9.62. The normalized spacial score (nSPS) is 15.6. The van der Waals surface area contributed by atoms with Gasteiger partial charge in [0.05, 0.1) is 0 Å². The van der Waals surface area contributed by atoms with Crippen LogP contribution in [0.5, 0.6) is 0 Å². The quantitative estimate of drug-likeness (QED) is 0.802. The van der Waals surface area contributed by atoms with E-state index in [0.717, 1.165) is 19.0 Å². The van der Waals surface area contributed by atoms with Gasteiger partial charge >= 0.3 is 0 Å². The highest BCUT2D eigenvalue weighted by atomic mass is 15.1. The molecule has 1 saturated carbocycles. The van der Waals surface area contributed by atoms with Crippen molar-refractivity contribution in [2.75, 3.05) is 18.0 Å². The molecule has 0 unspecified atom stereocenters. The van der Waals surface area contributed by atoms with Crippen LogP contribution >= 0.6 is 0 Å². The molecule has 1 fully saturated rings. The van der Waals surface area contributed by atoms with E-state index in [4.69, 9.17) is 0 Å². The van der Waals surface area contributed by atoms with E-state index in [1.807, 2.05) is 0 Å². The third kappa shape index (κ3) is 4.24. The minimum absolute atomic E-state index is 0.547. The minimum Gasteiger partial charge on any atom is -0.372 e. The van der Waals surface area contributed by atoms with Crippen LogP contribution < -0.4 is 10.2 Å². The monoisotopic (exact) mass is 260 g/mol. The molecular formula is C17H28N2. The van der Waals surface area contributed by atoms with Crippen molar-refractivity contribution >= 4 is 5.69 Å². The second-order valence-electron chi connectivity index (χ2n) is 6.04. The van der Waals surface area contributed by atoms with Crippen molar-refractivity contribution in [1.29, 1.82) is 0 Å². The van der Waals surface area contributed by atoms with E-state index in [1.165, 1.54) is 37.1 Å². The lowest BCUT2D eigenvalue weighted by Gasteiger charge is -2.33. The Labute approximate surface area is 118 Å². The smallest absolute Gasteiger partial charge is 0.0366 e. The lowest BCUT2D eigenvalue weighted by atomic mass is 9.85. The molecule has 2 nitrogen and oxygen atoms in total. The summed E-state index contributed by atoms with van der Waals surface area (Å²) in [6.45, 7) is 9.94. The van der Waals surface area contributed by atoms with Crippen LogP contribution in [0.3, 0.4) is 0 Å². The number of hydrogen-bond donors (Lipinski definition) is 1. The van der Waals surface area contributed by atoms with Gasteiger partial charge in [-0.25, -0.2) is 0 Å². The van der Waals surface area contributed by atoms with E-state index >= 15 is 0 Å². The second-order valence-corrected chi connectivity index (χ2v) is 6.04. The molecule has 0 atom stereocenters. The molecule has 0 aromatic heterocycles. The Morgan fingerprint density at radius 2 is 1.89 bits per heavy atom. The molecule has 0 bridgehead atoms. The van der Waals surface area contributed by atoms with Gasteiger partial charge in [-0.1, -0.05) is 32.4 Å². The Morgan fingerprint density at radius 3 is 2.37 bits per heavy atom. The van der Waals surface area contributed by atoms with E-state index in [-0.39, 0.29) is 0 Å². The van der Waals surface area contributed by atoms with Crippen molar-refractivity contribution in [2.24, 2.45) is 5.92 Å². The molecule has 1 aliphatic carbocycles. The van der Waals surface area contributed by atoms with Gasteiger partial charge < -0.3 is 10.2 Å². The summed E-state index contributed by atoms with van der Waals surface area (Å²) < 4.78 is 0. The van der Waals surface area contributed by atoms with Crippen molar-refractivity contribution in [3.63, 3.8) is 0 Å². The summed E-state index contributed by atoms with van der Waals surface area (Å²) in [7, 11) is 0. The van der Waals surface area contributed by atoms with Crippen LogP contribution in [0.2, 0.25) is 0 Å². The maximum Gasteiger partial charge on any atom is 0.0366 e. The molecule has 1 N–H and O–H groups in total. The first-order valence-corrected chi connectivity index (χ1v) is 7.76. The van der Waals surface area contributed by atoms with Gasteiger partial charge in [-0.15, -0.1) is 0 Å². The number of nitrogens with one attached hydrogen (secondary N) is 1. The third-order valence-corrected chi connectivity index (χ3v) is 4.10. The average Bonchev–Trinajstić information content (AvgIpc) is 2.36. The average molecular weight is 260 g/mol. The third-order valence-electron chi connectivity index (χ3n) is 4.10. The van der Waals surface area contributed by atoms with E-state index in [9.17, 15) is 0 Å². The van der Waals surface area contributed by atoms with Gasteiger partial charge in [0.2, 0.25) is 0 Å². The zero-order chi connectivity index (χ0) is 13.7. The fraction of sp³-hybridized carbons (Fsp3) is 0.647. The van der Waals surface area contributed by atoms with Gasteiger partial charge in [-0.2, -0.15) is 0 Å².